The summed E-state index contributed by atoms with van der Waals surface area (Å²) < 4.78 is 0. The number of carbonyl (C=O) groups excluding carboxylic acids is 1. The van der Waals surface area contributed by atoms with Crippen LogP contribution in [-0.2, 0) is 4.79 Å². The Morgan fingerprint density at radius 2 is 2.58 bits per heavy atom. The standard InChI is InChI=1S/C8H10N2OS/c1-7(11)10-4-2-8(3-5-10)12-6-9/h2H,3-5H2,1H3. The molecule has 1 amide bonds. The fourth-order valence-electron chi connectivity index (χ4n) is 1.09. The topological polar surface area (TPSA) is 44.1 Å². The van der Waals surface area contributed by atoms with E-state index in [0.717, 1.165) is 17.9 Å². The first-order valence-corrected chi connectivity index (χ1v) is 4.56. The molecule has 1 aliphatic rings. The van der Waals surface area contributed by atoms with Crippen molar-refractivity contribution in [3.63, 3.8) is 0 Å². The van der Waals surface area contributed by atoms with Crippen molar-refractivity contribution in [2.75, 3.05) is 13.1 Å². The van der Waals surface area contributed by atoms with Crippen LogP contribution < -0.4 is 0 Å². The van der Waals surface area contributed by atoms with Gasteiger partial charge in [-0.1, -0.05) is 6.08 Å². The third-order valence-electron chi connectivity index (χ3n) is 1.79. The molecule has 0 atom stereocenters. The Morgan fingerprint density at radius 1 is 1.83 bits per heavy atom. The number of nitriles is 1. The summed E-state index contributed by atoms with van der Waals surface area (Å²) in [4.78, 5) is 13.7. The summed E-state index contributed by atoms with van der Waals surface area (Å²) in [5.41, 5.74) is 0. The quantitative estimate of drug-likeness (QED) is 0.575. The zero-order chi connectivity index (χ0) is 8.97. The van der Waals surface area contributed by atoms with Crippen LogP contribution in [0.5, 0.6) is 0 Å². The van der Waals surface area contributed by atoms with Crippen molar-refractivity contribution in [3.05, 3.63) is 11.0 Å². The number of rotatable bonds is 1. The van der Waals surface area contributed by atoms with Crippen LogP contribution in [0.1, 0.15) is 13.3 Å². The molecule has 12 heavy (non-hydrogen) atoms. The Labute approximate surface area is 76.0 Å². The summed E-state index contributed by atoms with van der Waals surface area (Å²) in [6.45, 7) is 2.96. The van der Waals surface area contributed by atoms with Gasteiger partial charge in [0.2, 0.25) is 5.91 Å². The molecule has 0 aromatic heterocycles. The molecule has 4 heteroatoms. The molecular formula is C8H10N2OS. The lowest BCUT2D eigenvalue weighted by Gasteiger charge is -2.23. The Hall–Kier alpha value is -0.950. The predicted octanol–water partition coefficient (Wildman–Crippen LogP) is 1.34. The molecule has 0 aliphatic carbocycles. The largest absolute Gasteiger partial charge is 0.339 e. The molecule has 0 bridgehead atoms. The molecule has 1 aliphatic heterocycles. The number of thiocyanates is 1. The molecule has 0 spiro atoms. The van der Waals surface area contributed by atoms with Crippen molar-refractivity contribution in [1.29, 1.82) is 5.26 Å². The van der Waals surface area contributed by atoms with Crippen molar-refractivity contribution in [2.24, 2.45) is 0 Å². The van der Waals surface area contributed by atoms with Gasteiger partial charge in [-0.25, -0.2) is 0 Å². The highest BCUT2D eigenvalue weighted by molar-refractivity contribution is 8.07. The lowest BCUT2D eigenvalue weighted by molar-refractivity contribution is -0.128. The molecule has 0 aromatic rings. The van der Waals surface area contributed by atoms with Gasteiger partial charge in [0.1, 0.15) is 5.40 Å². The minimum absolute atomic E-state index is 0.104. The third kappa shape index (κ3) is 2.28. The van der Waals surface area contributed by atoms with Gasteiger partial charge in [0, 0.05) is 20.0 Å². The number of hydrogen-bond donors (Lipinski definition) is 0. The Balaban J connectivity index is 2.48. The maximum absolute atomic E-state index is 10.9. The minimum Gasteiger partial charge on any atom is -0.339 e. The summed E-state index contributed by atoms with van der Waals surface area (Å²) in [7, 11) is 0. The molecule has 1 rings (SSSR count). The van der Waals surface area contributed by atoms with Crippen LogP contribution in [0, 0.1) is 10.7 Å². The van der Waals surface area contributed by atoms with E-state index in [9.17, 15) is 4.79 Å². The second-order valence-electron chi connectivity index (χ2n) is 2.58. The fourth-order valence-corrected chi connectivity index (χ4v) is 1.56. The summed E-state index contributed by atoms with van der Waals surface area (Å²) in [5.74, 6) is 0.104. The number of carbonyl (C=O) groups is 1. The lowest BCUT2D eigenvalue weighted by Crippen LogP contribution is -2.32. The lowest BCUT2D eigenvalue weighted by atomic mass is 10.2. The van der Waals surface area contributed by atoms with Gasteiger partial charge in [0.15, 0.2) is 0 Å². The number of thioether (sulfide) groups is 1. The average Bonchev–Trinajstić information content (AvgIpc) is 2.06. The van der Waals surface area contributed by atoms with E-state index in [4.69, 9.17) is 5.26 Å². The predicted molar refractivity (Wildman–Crippen MR) is 48.2 cm³/mol. The van der Waals surface area contributed by atoms with Crippen LogP contribution in [0.15, 0.2) is 11.0 Å². The van der Waals surface area contributed by atoms with E-state index in [1.165, 1.54) is 11.8 Å². The van der Waals surface area contributed by atoms with Crippen molar-refractivity contribution in [3.8, 4) is 5.40 Å². The van der Waals surface area contributed by atoms with Crippen molar-refractivity contribution < 1.29 is 4.79 Å². The van der Waals surface area contributed by atoms with Crippen LogP contribution in [0.25, 0.3) is 0 Å². The van der Waals surface area contributed by atoms with E-state index >= 15 is 0 Å². The first-order chi connectivity index (χ1) is 5.74. The Bertz CT molecular complexity index is 254. The molecule has 1 heterocycles. The van der Waals surface area contributed by atoms with Crippen LogP contribution >= 0.6 is 11.8 Å². The number of nitrogens with zero attached hydrogens (tertiary/aromatic N) is 2. The van der Waals surface area contributed by atoms with E-state index in [1.807, 2.05) is 11.5 Å². The summed E-state index contributed by atoms with van der Waals surface area (Å²) in [6.07, 6.45) is 2.76. The van der Waals surface area contributed by atoms with Crippen LogP contribution in [0.4, 0.5) is 0 Å². The van der Waals surface area contributed by atoms with Gasteiger partial charge in [-0.05, 0) is 23.1 Å². The highest BCUT2D eigenvalue weighted by Gasteiger charge is 2.13. The summed E-state index contributed by atoms with van der Waals surface area (Å²) in [5, 5.41) is 10.4. The molecule has 3 nitrogen and oxygen atoms in total. The van der Waals surface area contributed by atoms with Gasteiger partial charge in [-0.3, -0.25) is 4.79 Å². The molecular weight excluding hydrogens is 172 g/mol. The highest BCUT2D eigenvalue weighted by Crippen LogP contribution is 2.21. The first kappa shape index (κ1) is 9.14. The molecule has 64 valence electrons. The van der Waals surface area contributed by atoms with Crippen molar-refractivity contribution >= 4 is 17.7 Å². The van der Waals surface area contributed by atoms with Gasteiger partial charge in [0.25, 0.3) is 0 Å². The van der Waals surface area contributed by atoms with Gasteiger partial charge in [0.05, 0.1) is 0 Å². The highest BCUT2D eigenvalue weighted by atomic mass is 32.2. The minimum atomic E-state index is 0.104. The Kier molecular flexibility index (Phi) is 3.18. The molecule has 0 radical (unpaired) electrons. The summed E-state index contributed by atoms with van der Waals surface area (Å²) >= 11 is 1.19. The zero-order valence-electron chi connectivity index (χ0n) is 6.91. The van der Waals surface area contributed by atoms with E-state index in [1.54, 1.807) is 11.8 Å². The zero-order valence-corrected chi connectivity index (χ0v) is 7.73. The molecule has 0 N–H and O–H groups in total. The molecule has 0 unspecified atom stereocenters. The van der Waals surface area contributed by atoms with Gasteiger partial charge in [-0.2, -0.15) is 5.26 Å². The van der Waals surface area contributed by atoms with Crippen molar-refractivity contribution in [1.82, 2.24) is 4.90 Å². The third-order valence-corrected chi connectivity index (χ3v) is 2.51. The SMILES string of the molecule is CC(=O)N1CC=C(SC#N)CC1. The Morgan fingerprint density at radius 3 is 3.00 bits per heavy atom. The van der Waals surface area contributed by atoms with E-state index in [-0.39, 0.29) is 5.91 Å². The second-order valence-corrected chi connectivity index (χ2v) is 3.49. The van der Waals surface area contributed by atoms with E-state index < -0.39 is 0 Å². The van der Waals surface area contributed by atoms with E-state index in [0.29, 0.717) is 6.54 Å². The maximum atomic E-state index is 10.9. The van der Waals surface area contributed by atoms with Crippen LogP contribution in [0.3, 0.4) is 0 Å². The van der Waals surface area contributed by atoms with Crippen molar-refractivity contribution in [2.45, 2.75) is 13.3 Å². The number of hydrogen-bond acceptors (Lipinski definition) is 3. The second kappa shape index (κ2) is 4.17. The molecule has 0 aromatic carbocycles. The first-order valence-electron chi connectivity index (χ1n) is 3.74. The van der Waals surface area contributed by atoms with Gasteiger partial charge in [-0.15, -0.1) is 0 Å². The molecule has 0 saturated heterocycles. The number of amides is 1. The molecule has 0 saturated carbocycles. The van der Waals surface area contributed by atoms with Gasteiger partial charge < -0.3 is 4.90 Å². The van der Waals surface area contributed by atoms with Crippen LogP contribution in [0.2, 0.25) is 0 Å². The fraction of sp³-hybridized carbons (Fsp3) is 0.500. The smallest absolute Gasteiger partial charge is 0.219 e. The monoisotopic (exact) mass is 182 g/mol. The summed E-state index contributed by atoms with van der Waals surface area (Å²) in [6, 6.07) is 0. The van der Waals surface area contributed by atoms with Crippen LogP contribution in [-0.4, -0.2) is 23.9 Å². The maximum Gasteiger partial charge on any atom is 0.219 e. The molecule has 0 fully saturated rings. The normalized spacial score (nSPS) is 16.7. The van der Waals surface area contributed by atoms with E-state index in [2.05, 4.69) is 0 Å². The van der Waals surface area contributed by atoms with Gasteiger partial charge >= 0.3 is 0 Å². The average molecular weight is 182 g/mol.